The number of amides is 2. The molecule has 4 rings (SSSR count). The van der Waals surface area contributed by atoms with Crippen molar-refractivity contribution in [2.75, 3.05) is 49.5 Å². The zero-order valence-corrected chi connectivity index (χ0v) is 18.1. The van der Waals surface area contributed by atoms with Crippen LogP contribution in [-0.2, 0) is 16.1 Å². The second-order valence-corrected chi connectivity index (χ2v) is 8.68. The summed E-state index contributed by atoms with van der Waals surface area (Å²) in [6.07, 6.45) is 1.87. The average molecular weight is 429 g/mol. The van der Waals surface area contributed by atoms with Crippen LogP contribution in [0.25, 0.3) is 0 Å². The first-order valence-corrected chi connectivity index (χ1v) is 11.3. The Bertz CT molecular complexity index is 865. The molecule has 2 aliphatic rings. The number of nitrogens with zero attached hydrogens (tertiary/aromatic N) is 5. The number of rotatable bonds is 5. The number of piperazine rings is 1. The van der Waals surface area contributed by atoms with Gasteiger partial charge in [0.25, 0.3) is 0 Å². The van der Waals surface area contributed by atoms with E-state index in [1.807, 2.05) is 11.0 Å². The van der Waals surface area contributed by atoms with Crippen molar-refractivity contribution in [3.05, 3.63) is 35.9 Å². The number of hydrogen-bond donors (Lipinski definition) is 1. The molecular formula is C21H28N6O2S. The van der Waals surface area contributed by atoms with Gasteiger partial charge in [-0.25, -0.2) is 0 Å². The SMILES string of the molecule is CC(=O)Nc1nsc(N2CCCC(C(=O)N3CCN(Cc4ccccc4)CC3)C2)n1. The number of hydrogen-bond acceptors (Lipinski definition) is 7. The average Bonchev–Trinajstić information content (AvgIpc) is 3.22. The zero-order chi connectivity index (χ0) is 20.9. The quantitative estimate of drug-likeness (QED) is 0.785. The van der Waals surface area contributed by atoms with Gasteiger partial charge in [-0.05, 0) is 18.4 Å². The molecule has 30 heavy (non-hydrogen) atoms. The van der Waals surface area contributed by atoms with Crippen molar-refractivity contribution in [3.8, 4) is 0 Å². The molecule has 1 N–H and O–H groups in total. The summed E-state index contributed by atoms with van der Waals surface area (Å²) in [7, 11) is 0. The third kappa shape index (κ3) is 5.14. The van der Waals surface area contributed by atoms with Crippen LogP contribution in [0.3, 0.4) is 0 Å². The van der Waals surface area contributed by atoms with Crippen LogP contribution in [0.15, 0.2) is 30.3 Å². The first-order chi connectivity index (χ1) is 14.6. The molecule has 0 saturated carbocycles. The molecule has 1 aromatic heterocycles. The second kappa shape index (κ2) is 9.53. The van der Waals surface area contributed by atoms with Crippen LogP contribution in [0.1, 0.15) is 25.3 Å². The van der Waals surface area contributed by atoms with E-state index in [-0.39, 0.29) is 17.7 Å². The maximum absolute atomic E-state index is 13.1. The summed E-state index contributed by atoms with van der Waals surface area (Å²) in [6, 6.07) is 10.5. The van der Waals surface area contributed by atoms with Gasteiger partial charge >= 0.3 is 0 Å². The smallest absolute Gasteiger partial charge is 0.243 e. The fraction of sp³-hybridized carbons (Fsp3) is 0.524. The van der Waals surface area contributed by atoms with Crippen molar-refractivity contribution in [2.24, 2.45) is 5.92 Å². The Morgan fingerprint density at radius 2 is 1.90 bits per heavy atom. The number of carbonyl (C=O) groups is 2. The van der Waals surface area contributed by atoms with E-state index in [0.29, 0.717) is 12.5 Å². The summed E-state index contributed by atoms with van der Waals surface area (Å²) < 4.78 is 4.19. The molecular weight excluding hydrogens is 400 g/mol. The number of anilines is 2. The highest BCUT2D eigenvalue weighted by Gasteiger charge is 2.32. The lowest BCUT2D eigenvalue weighted by Gasteiger charge is -2.39. The number of nitrogens with one attached hydrogen (secondary N) is 1. The van der Waals surface area contributed by atoms with Crippen LogP contribution < -0.4 is 10.2 Å². The molecule has 3 heterocycles. The second-order valence-electron chi connectivity index (χ2n) is 7.95. The standard InChI is InChI=1S/C21H28N6O2S/c1-16(28)22-20-23-21(30-24-20)27-9-5-8-18(15-27)19(29)26-12-10-25(11-13-26)14-17-6-3-2-4-7-17/h2-4,6-7,18H,5,8-15H2,1H3,(H,22,24,28). The van der Waals surface area contributed by atoms with E-state index in [2.05, 4.69) is 48.7 Å². The Morgan fingerprint density at radius 3 is 2.63 bits per heavy atom. The molecule has 1 aromatic carbocycles. The van der Waals surface area contributed by atoms with E-state index in [1.165, 1.54) is 24.0 Å². The fourth-order valence-electron chi connectivity index (χ4n) is 4.13. The summed E-state index contributed by atoms with van der Waals surface area (Å²) in [4.78, 5) is 35.3. The predicted octanol–water partition coefficient (Wildman–Crippen LogP) is 2.06. The first-order valence-electron chi connectivity index (χ1n) is 10.5. The molecule has 2 fully saturated rings. The molecule has 2 aromatic rings. The summed E-state index contributed by atoms with van der Waals surface area (Å²) in [5, 5.41) is 3.38. The topological polar surface area (TPSA) is 81.7 Å². The van der Waals surface area contributed by atoms with E-state index in [1.54, 1.807) is 0 Å². The van der Waals surface area contributed by atoms with E-state index in [4.69, 9.17) is 0 Å². The minimum absolute atomic E-state index is 0.00691. The Morgan fingerprint density at radius 1 is 1.13 bits per heavy atom. The zero-order valence-electron chi connectivity index (χ0n) is 17.3. The van der Waals surface area contributed by atoms with E-state index in [0.717, 1.165) is 57.2 Å². The van der Waals surface area contributed by atoms with E-state index >= 15 is 0 Å². The van der Waals surface area contributed by atoms with Crippen LogP contribution in [0.4, 0.5) is 11.1 Å². The predicted molar refractivity (Wildman–Crippen MR) is 117 cm³/mol. The highest BCUT2D eigenvalue weighted by molar-refractivity contribution is 7.09. The molecule has 0 radical (unpaired) electrons. The van der Waals surface area contributed by atoms with Gasteiger partial charge in [-0.3, -0.25) is 19.8 Å². The minimum Gasteiger partial charge on any atom is -0.346 e. The third-order valence-electron chi connectivity index (χ3n) is 5.68. The first kappa shape index (κ1) is 20.7. The highest BCUT2D eigenvalue weighted by atomic mass is 32.1. The monoisotopic (exact) mass is 428 g/mol. The van der Waals surface area contributed by atoms with Crippen LogP contribution in [-0.4, -0.2) is 70.2 Å². The lowest BCUT2D eigenvalue weighted by Crippen LogP contribution is -2.52. The van der Waals surface area contributed by atoms with Gasteiger partial charge in [0, 0.05) is 64.3 Å². The van der Waals surface area contributed by atoms with E-state index < -0.39 is 0 Å². The fourth-order valence-corrected chi connectivity index (χ4v) is 4.79. The summed E-state index contributed by atoms with van der Waals surface area (Å²) in [6.45, 7) is 7.30. The molecule has 8 nitrogen and oxygen atoms in total. The molecule has 1 unspecified atom stereocenters. The van der Waals surface area contributed by atoms with Gasteiger partial charge in [0.1, 0.15) is 0 Å². The number of carbonyl (C=O) groups excluding carboxylic acids is 2. The Kier molecular flexibility index (Phi) is 6.59. The molecule has 1 atom stereocenters. The molecule has 0 bridgehead atoms. The molecule has 2 aliphatic heterocycles. The maximum Gasteiger partial charge on any atom is 0.243 e. The van der Waals surface area contributed by atoms with Gasteiger partial charge < -0.3 is 9.80 Å². The maximum atomic E-state index is 13.1. The number of piperidine rings is 1. The summed E-state index contributed by atoms with van der Waals surface area (Å²) in [5.74, 6) is 0.404. The largest absolute Gasteiger partial charge is 0.346 e. The summed E-state index contributed by atoms with van der Waals surface area (Å²) in [5.41, 5.74) is 1.32. The molecule has 160 valence electrons. The van der Waals surface area contributed by atoms with Crippen molar-refractivity contribution in [3.63, 3.8) is 0 Å². The Labute approximate surface area is 181 Å². The van der Waals surface area contributed by atoms with Crippen molar-refractivity contribution in [1.29, 1.82) is 0 Å². The highest BCUT2D eigenvalue weighted by Crippen LogP contribution is 2.27. The van der Waals surface area contributed by atoms with Gasteiger partial charge in [-0.2, -0.15) is 9.36 Å². The van der Waals surface area contributed by atoms with Crippen LogP contribution in [0.5, 0.6) is 0 Å². The molecule has 2 amide bonds. The Hall–Kier alpha value is -2.52. The van der Waals surface area contributed by atoms with Crippen LogP contribution >= 0.6 is 11.5 Å². The van der Waals surface area contributed by atoms with Crippen LogP contribution in [0, 0.1) is 5.92 Å². The molecule has 0 aliphatic carbocycles. The van der Waals surface area contributed by atoms with Crippen molar-refractivity contribution in [1.82, 2.24) is 19.2 Å². The van der Waals surface area contributed by atoms with Crippen molar-refractivity contribution in [2.45, 2.75) is 26.3 Å². The Balaban J connectivity index is 1.29. The van der Waals surface area contributed by atoms with E-state index in [9.17, 15) is 9.59 Å². The van der Waals surface area contributed by atoms with Gasteiger partial charge in [0.2, 0.25) is 22.9 Å². The van der Waals surface area contributed by atoms with Crippen molar-refractivity contribution < 1.29 is 9.59 Å². The van der Waals surface area contributed by atoms with Gasteiger partial charge in [-0.1, -0.05) is 30.3 Å². The third-order valence-corrected chi connectivity index (χ3v) is 6.45. The number of benzene rings is 1. The van der Waals surface area contributed by atoms with Crippen LogP contribution in [0.2, 0.25) is 0 Å². The van der Waals surface area contributed by atoms with Gasteiger partial charge in [0.05, 0.1) is 5.92 Å². The lowest BCUT2D eigenvalue weighted by molar-refractivity contribution is -0.137. The minimum atomic E-state index is -0.183. The normalized spacial score (nSPS) is 20.2. The lowest BCUT2D eigenvalue weighted by atomic mass is 9.96. The van der Waals surface area contributed by atoms with Gasteiger partial charge in [-0.15, -0.1) is 0 Å². The van der Waals surface area contributed by atoms with Gasteiger partial charge in [0.15, 0.2) is 0 Å². The summed E-state index contributed by atoms with van der Waals surface area (Å²) >= 11 is 1.27. The van der Waals surface area contributed by atoms with Crippen molar-refractivity contribution >= 4 is 34.4 Å². The molecule has 0 spiro atoms. The molecule has 9 heteroatoms. The number of aromatic nitrogens is 2. The molecule has 2 saturated heterocycles.